The van der Waals surface area contributed by atoms with Crippen molar-refractivity contribution in [3.8, 4) is 76.1 Å². The van der Waals surface area contributed by atoms with Crippen molar-refractivity contribution in [2.45, 2.75) is 54.1 Å². The van der Waals surface area contributed by atoms with E-state index in [2.05, 4.69) is 34.5 Å². The van der Waals surface area contributed by atoms with Crippen molar-refractivity contribution >= 4 is 91.3 Å². The molecular weight excluding hydrogens is 1390 g/mol. The van der Waals surface area contributed by atoms with Gasteiger partial charge < -0.3 is 107 Å². The molecule has 38 heteroatoms. The van der Waals surface area contributed by atoms with E-state index < -0.39 is 72.2 Å². The lowest BCUT2D eigenvalue weighted by Gasteiger charge is -2.23. The zero-order chi connectivity index (χ0) is 75.4. The maximum atomic E-state index is 11.8. The number of aliphatic hydroxyl groups excluding tert-OH is 3. The van der Waals surface area contributed by atoms with E-state index >= 15 is 0 Å². The maximum Gasteiger partial charge on any atom is 0.491 e. The average molecular weight is 1450 g/mol. The lowest BCUT2D eigenvalue weighted by Crippen LogP contribution is -2.53. The van der Waals surface area contributed by atoms with Crippen LogP contribution in [0.5, 0.6) is 70.0 Å². The van der Waals surface area contributed by atoms with Crippen LogP contribution in [0.15, 0.2) is 121 Å². The van der Waals surface area contributed by atoms with Crippen molar-refractivity contribution in [2.75, 3.05) is 52.9 Å². The van der Waals surface area contributed by atoms with E-state index in [0.29, 0.717) is 17.8 Å². The summed E-state index contributed by atoms with van der Waals surface area (Å²) in [6.07, 6.45) is 0. The Kier molecular flexibility index (Phi) is 30.9. The van der Waals surface area contributed by atoms with Gasteiger partial charge in [0.25, 0.3) is 0 Å². The van der Waals surface area contributed by atoms with Crippen molar-refractivity contribution < 1.29 is 126 Å². The molecule has 1 aliphatic rings. The van der Waals surface area contributed by atoms with Crippen molar-refractivity contribution in [2.24, 2.45) is 0 Å². The fourth-order valence-corrected chi connectivity index (χ4v) is 9.34. The zero-order valence-electron chi connectivity index (χ0n) is 56.9. The van der Waals surface area contributed by atoms with Crippen LogP contribution in [0.4, 0.5) is 17.1 Å². The number of carbonyl (C=O) groups is 4. The van der Waals surface area contributed by atoms with Crippen molar-refractivity contribution in [1.29, 1.82) is 5.26 Å². The second-order valence-corrected chi connectivity index (χ2v) is 21.4. The topological polar surface area (TPSA) is 448 Å². The van der Waals surface area contributed by atoms with E-state index in [9.17, 15) is 54.8 Å². The predicted molar refractivity (Wildman–Crippen MR) is 372 cm³/mol. The van der Waals surface area contributed by atoms with Crippen LogP contribution in [0.3, 0.4) is 0 Å². The van der Waals surface area contributed by atoms with Gasteiger partial charge in [0.2, 0.25) is 64.1 Å². The molecule has 106 heavy (non-hydrogen) atoms. The van der Waals surface area contributed by atoms with E-state index in [4.69, 9.17) is 90.4 Å². The number of hydrogen-bond donors (Lipinski definition) is 6. The third-order valence-electron chi connectivity index (χ3n) is 14.1. The first-order valence-corrected chi connectivity index (χ1v) is 31.4. The number of hydrogen-bond acceptors (Lipinski definition) is 30. The number of nitrogens with zero attached hydrogens (tertiary/aromatic N) is 8. The number of rotatable bonds is 34. The smallest absolute Gasteiger partial charge is 0.483 e. The van der Waals surface area contributed by atoms with Gasteiger partial charge in [-0.1, -0.05) is 24.3 Å². The molecule has 4 aromatic carbocycles. The summed E-state index contributed by atoms with van der Waals surface area (Å²) < 4.78 is 82.3. The van der Waals surface area contributed by atoms with Crippen LogP contribution in [-0.2, 0) is 78.4 Å². The van der Waals surface area contributed by atoms with Crippen LogP contribution < -0.4 is 59.7 Å². The molecule has 0 unspecified atom stereocenters. The summed E-state index contributed by atoms with van der Waals surface area (Å²) in [7, 11) is -6.54. The summed E-state index contributed by atoms with van der Waals surface area (Å²) in [4.78, 5) is 71.3. The number of carbonyl (C=O) groups excluding carboxylic acids is 4. The molecule has 544 valence electrons. The molecule has 0 atom stereocenters. The number of benzene rings is 4. The Morgan fingerprint density at radius 1 is 0.481 bits per heavy atom. The Labute approximate surface area is 606 Å². The molecule has 5 heterocycles. The first-order chi connectivity index (χ1) is 50.7. The van der Waals surface area contributed by atoms with E-state index in [1.165, 1.54) is 125 Å². The second kappa shape index (κ2) is 40.4. The predicted octanol–water partition coefficient (Wildman–Crippen LogP) is 3.79. The van der Waals surface area contributed by atoms with Crippen molar-refractivity contribution in [3.05, 3.63) is 183 Å². The monoisotopic (exact) mass is 1450 g/mol. The molecule has 1 aliphatic heterocycles. The Bertz CT molecular complexity index is 4450. The summed E-state index contributed by atoms with van der Waals surface area (Å²) in [5, 5.41) is 74.6. The SMILES string of the molecule is O.[C-]#[N+]c1ccc(Oc2ccc(B(O)OB(OB(O)c3ccc(Oc4ccc([N+]#[C-])c(OCCOC(C)=O)n4)cc3CO)c3ccc(Oc4ccc(C#N)c(OCCOC(C)=O)n4)cc3CO)c(CO)c2)nc1OCCOC(C)=O.[C-]#[N+]c1ccc(Oc2ccc3c(c2)COB3O)nc1OCCOC(C)=O. The van der Waals surface area contributed by atoms with Gasteiger partial charge in [0, 0.05) is 33.8 Å². The molecule has 0 aliphatic carbocycles. The van der Waals surface area contributed by atoms with Gasteiger partial charge in [0.15, 0.2) is 0 Å². The van der Waals surface area contributed by atoms with Crippen molar-refractivity contribution in [3.63, 3.8) is 0 Å². The molecule has 9 rings (SSSR count). The summed E-state index contributed by atoms with van der Waals surface area (Å²) in [5.41, 5.74) is 2.27. The fourth-order valence-electron chi connectivity index (χ4n) is 9.34. The molecule has 0 spiro atoms. The highest BCUT2D eigenvalue weighted by Crippen LogP contribution is 2.34. The number of fused-ring (bicyclic) bond motifs is 1. The summed E-state index contributed by atoms with van der Waals surface area (Å²) in [6, 6.07) is 31.2. The third kappa shape index (κ3) is 23.6. The van der Waals surface area contributed by atoms with E-state index in [1.807, 2.05) is 6.07 Å². The van der Waals surface area contributed by atoms with Gasteiger partial charge in [-0.2, -0.15) is 25.2 Å². The summed E-state index contributed by atoms with van der Waals surface area (Å²) in [6.45, 7) is 24.9. The summed E-state index contributed by atoms with van der Waals surface area (Å²) in [5.74, 6) is -1.12. The van der Waals surface area contributed by atoms with Gasteiger partial charge in [-0.3, -0.25) is 19.2 Å². The lowest BCUT2D eigenvalue weighted by atomic mass is 9.65. The van der Waals surface area contributed by atoms with Crippen LogP contribution in [0, 0.1) is 31.0 Å². The third-order valence-corrected chi connectivity index (χ3v) is 14.1. The minimum absolute atomic E-state index is 0. The molecule has 0 bridgehead atoms. The van der Waals surface area contributed by atoms with E-state index in [-0.39, 0.29) is 178 Å². The molecule has 8 aromatic rings. The highest BCUT2D eigenvalue weighted by Gasteiger charge is 2.37. The van der Waals surface area contributed by atoms with Gasteiger partial charge in [0.1, 0.15) is 87.5 Å². The van der Waals surface area contributed by atoms with Crippen LogP contribution >= 0.6 is 0 Å². The number of ether oxygens (including phenoxy) is 12. The van der Waals surface area contributed by atoms with Crippen molar-refractivity contribution in [1.82, 2.24) is 19.9 Å². The largest absolute Gasteiger partial charge is 0.491 e. The molecule has 0 fully saturated rings. The second-order valence-electron chi connectivity index (χ2n) is 21.4. The molecule has 0 radical (unpaired) electrons. The molecule has 4 aromatic heterocycles. The average Bonchev–Trinajstić information content (AvgIpc) is 0.957. The van der Waals surface area contributed by atoms with Gasteiger partial charge in [-0.05, 0) is 135 Å². The molecule has 0 saturated heterocycles. The first kappa shape index (κ1) is 80.9. The zero-order valence-corrected chi connectivity index (χ0v) is 56.9. The number of pyridine rings is 4. The number of aromatic nitrogens is 4. The Morgan fingerprint density at radius 2 is 0.811 bits per heavy atom. The minimum Gasteiger partial charge on any atom is -0.483 e. The fraction of sp³-hybridized carbons (Fsp3) is 0.235. The molecular formula is C68H64B4N8O26. The molecule has 0 amide bonds. The standard InChI is InChI=1S/C51H47B3N6O19.C17H15BN2O6.H2O/c1-31(64)69-18-21-72-49-34(27-55)6-15-46(58-49)75-40-9-12-43(37(26-40)30-63)54(78-52(67)41-10-7-38(24-35(41)28-61)76-47-16-13-44(56-4)50(59-47)73-22-19-70-32(2)65)79-53(68)42-11-8-39(25-36(42)29-62)77-48-17-14-45(57-5)51(60-48)74-23-20-71-33(3)66;1-11(21)23-7-8-24-17-15(19-2)5-6-16(20-17)26-13-3-4-14-12(9-13)10-25-18(14)22;/h6-17,24-26,61-63,67-68H,18-23,28-30H2,1-3H3;3-6,9,22H,7-8,10H2,1H3;1H2. The van der Waals surface area contributed by atoms with Crippen LogP contribution in [0.2, 0.25) is 0 Å². The number of nitriles is 1. The molecule has 8 N–H and O–H groups in total. The quantitative estimate of drug-likeness (QED) is 0.0110. The Balaban J connectivity index is 0.000000485. The first-order valence-electron chi connectivity index (χ1n) is 31.4. The van der Waals surface area contributed by atoms with Gasteiger partial charge in [-0.25, -0.2) is 14.5 Å². The number of aliphatic hydroxyl groups is 3. The highest BCUT2D eigenvalue weighted by atomic mass is 16.6. The van der Waals surface area contributed by atoms with Gasteiger partial charge >= 0.3 is 52.4 Å². The lowest BCUT2D eigenvalue weighted by molar-refractivity contribution is -0.142. The van der Waals surface area contributed by atoms with Gasteiger partial charge in [-0.15, -0.1) is 0 Å². The summed E-state index contributed by atoms with van der Waals surface area (Å²) >= 11 is 0. The normalized spacial score (nSPS) is 10.8. The van der Waals surface area contributed by atoms with E-state index in [0.717, 1.165) is 5.56 Å². The molecule has 0 saturated carbocycles. The van der Waals surface area contributed by atoms with Gasteiger partial charge in [0.05, 0.1) is 46.1 Å². The Morgan fingerprint density at radius 3 is 1.17 bits per heavy atom. The Hall–Kier alpha value is -12.4. The van der Waals surface area contributed by atoms with Crippen LogP contribution in [0.25, 0.3) is 14.5 Å². The highest BCUT2D eigenvalue weighted by molar-refractivity contribution is 6.79. The maximum absolute atomic E-state index is 11.8. The van der Waals surface area contributed by atoms with E-state index in [1.54, 1.807) is 24.3 Å². The number of esters is 4. The van der Waals surface area contributed by atoms with Crippen LogP contribution in [-0.4, -0.2) is 161 Å². The van der Waals surface area contributed by atoms with Crippen LogP contribution in [0.1, 0.15) is 55.5 Å². The minimum atomic E-state index is -1.93. The molecule has 34 nitrogen and oxygen atoms in total.